The first-order valence-electron chi connectivity index (χ1n) is 5.49. The van der Waals surface area contributed by atoms with E-state index in [-0.39, 0.29) is 11.4 Å². The molecule has 0 aromatic heterocycles. The van der Waals surface area contributed by atoms with Crippen molar-refractivity contribution in [2.75, 3.05) is 10.7 Å². The van der Waals surface area contributed by atoms with Crippen LogP contribution in [0.2, 0.25) is 5.02 Å². The van der Waals surface area contributed by atoms with Gasteiger partial charge in [-0.3, -0.25) is 16.0 Å². The van der Waals surface area contributed by atoms with E-state index >= 15 is 0 Å². The molecule has 0 heterocycles. The number of hydrogen-bond donors (Lipinski definition) is 3. The highest BCUT2D eigenvalue weighted by molar-refractivity contribution is 14.1. The Kier molecular flexibility index (Phi) is 4.63. The maximum Gasteiger partial charge on any atom is 0.316 e. The summed E-state index contributed by atoms with van der Waals surface area (Å²) in [5.41, 5.74) is 3.30. The zero-order valence-electron chi connectivity index (χ0n) is 10.1. The summed E-state index contributed by atoms with van der Waals surface area (Å²) in [4.78, 5) is 10.7. The van der Waals surface area contributed by atoms with Crippen LogP contribution < -0.4 is 16.6 Å². The molecule has 2 aromatic rings. The lowest BCUT2D eigenvalue weighted by Gasteiger charge is -2.11. The predicted octanol–water partition coefficient (Wildman–Crippen LogP) is 3.88. The molecular formula is C12H10ClIN4O2. The molecule has 8 heteroatoms. The first-order chi connectivity index (χ1) is 9.52. The number of anilines is 3. The van der Waals surface area contributed by atoms with Crippen molar-refractivity contribution >= 4 is 56.9 Å². The smallest absolute Gasteiger partial charge is 0.316 e. The molecule has 4 N–H and O–H groups in total. The van der Waals surface area contributed by atoms with E-state index in [0.717, 1.165) is 3.57 Å². The van der Waals surface area contributed by atoms with Crippen molar-refractivity contribution in [3.8, 4) is 0 Å². The predicted molar refractivity (Wildman–Crippen MR) is 88.4 cm³/mol. The van der Waals surface area contributed by atoms with Gasteiger partial charge >= 0.3 is 5.69 Å². The number of hydrogen-bond acceptors (Lipinski definition) is 5. The van der Waals surface area contributed by atoms with Crippen molar-refractivity contribution < 1.29 is 4.92 Å². The SMILES string of the molecule is NNc1cccc(Nc2ccc(I)cc2Cl)c1[N+](=O)[O-]. The van der Waals surface area contributed by atoms with Crippen molar-refractivity contribution in [2.24, 2.45) is 5.84 Å². The molecule has 0 saturated heterocycles. The maximum absolute atomic E-state index is 11.2. The van der Waals surface area contributed by atoms with Crippen LogP contribution in [0.1, 0.15) is 0 Å². The number of nitrogen functional groups attached to an aromatic ring is 1. The second kappa shape index (κ2) is 6.25. The summed E-state index contributed by atoms with van der Waals surface area (Å²) in [6.07, 6.45) is 0. The highest BCUT2D eigenvalue weighted by Gasteiger charge is 2.19. The Hall–Kier alpha value is -1.58. The first-order valence-corrected chi connectivity index (χ1v) is 6.94. The van der Waals surface area contributed by atoms with Crippen LogP contribution in [0.4, 0.5) is 22.7 Å². The van der Waals surface area contributed by atoms with Crippen LogP contribution in [-0.2, 0) is 0 Å². The van der Waals surface area contributed by atoms with Gasteiger partial charge in [0.25, 0.3) is 0 Å². The van der Waals surface area contributed by atoms with Gasteiger partial charge in [0.05, 0.1) is 15.6 Å². The Labute approximate surface area is 133 Å². The molecular weight excluding hydrogens is 395 g/mol. The summed E-state index contributed by atoms with van der Waals surface area (Å²) >= 11 is 8.24. The first kappa shape index (κ1) is 14.8. The maximum atomic E-state index is 11.2. The van der Waals surface area contributed by atoms with Crippen molar-refractivity contribution in [1.82, 2.24) is 0 Å². The molecule has 0 radical (unpaired) electrons. The molecule has 0 amide bonds. The molecule has 0 aliphatic heterocycles. The second-order valence-corrected chi connectivity index (χ2v) is 5.51. The largest absolute Gasteiger partial charge is 0.349 e. The third kappa shape index (κ3) is 3.11. The van der Waals surface area contributed by atoms with Gasteiger partial charge in [0, 0.05) is 3.57 Å². The third-order valence-corrected chi connectivity index (χ3v) is 3.56. The number of nitrogens with one attached hydrogen (secondary N) is 2. The lowest BCUT2D eigenvalue weighted by atomic mass is 10.2. The van der Waals surface area contributed by atoms with E-state index in [1.165, 1.54) is 6.07 Å². The van der Waals surface area contributed by atoms with Crippen molar-refractivity contribution in [3.63, 3.8) is 0 Å². The monoisotopic (exact) mass is 404 g/mol. The average Bonchev–Trinajstić information content (AvgIpc) is 2.41. The summed E-state index contributed by atoms with van der Waals surface area (Å²) in [6.45, 7) is 0. The molecule has 0 atom stereocenters. The van der Waals surface area contributed by atoms with Crippen LogP contribution in [0, 0.1) is 13.7 Å². The number of nitrogens with two attached hydrogens (primary N) is 1. The topological polar surface area (TPSA) is 93.2 Å². The highest BCUT2D eigenvalue weighted by Crippen LogP contribution is 2.36. The Morgan fingerprint density at radius 1 is 1.20 bits per heavy atom. The molecule has 104 valence electrons. The van der Waals surface area contributed by atoms with Gasteiger partial charge in [-0.15, -0.1) is 0 Å². The molecule has 0 aliphatic carbocycles. The van der Waals surface area contributed by atoms with Crippen LogP contribution >= 0.6 is 34.2 Å². The van der Waals surface area contributed by atoms with Crippen LogP contribution in [0.25, 0.3) is 0 Å². The van der Waals surface area contributed by atoms with Gasteiger partial charge in [0.2, 0.25) is 0 Å². The van der Waals surface area contributed by atoms with Crippen LogP contribution in [-0.4, -0.2) is 4.92 Å². The number of nitro benzene ring substituents is 1. The van der Waals surface area contributed by atoms with E-state index < -0.39 is 4.92 Å². The van der Waals surface area contributed by atoms with E-state index in [9.17, 15) is 10.1 Å². The minimum absolute atomic E-state index is 0.135. The Bertz CT molecular complexity index is 666. The molecule has 0 saturated carbocycles. The second-order valence-electron chi connectivity index (χ2n) is 3.85. The van der Waals surface area contributed by atoms with E-state index in [2.05, 4.69) is 33.3 Å². The number of nitro groups is 1. The van der Waals surface area contributed by atoms with Crippen molar-refractivity contribution in [1.29, 1.82) is 0 Å². The van der Waals surface area contributed by atoms with Gasteiger partial charge < -0.3 is 10.7 Å². The fourth-order valence-electron chi connectivity index (χ4n) is 1.69. The Morgan fingerprint density at radius 2 is 1.90 bits per heavy atom. The summed E-state index contributed by atoms with van der Waals surface area (Å²) in [7, 11) is 0. The molecule has 20 heavy (non-hydrogen) atoms. The van der Waals surface area contributed by atoms with Gasteiger partial charge in [-0.1, -0.05) is 17.7 Å². The third-order valence-electron chi connectivity index (χ3n) is 2.57. The molecule has 0 spiro atoms. The molecule has 0 bridgehead atoms. The molecule has 0 fully saturated rings. The van der Waals surface area contributed by atoms with E-state index in [4.69, 9.17) is 17.4 Å². The van der Waals surface area contributed by atoms with Crippen LogP contribution in [0.15, 0.2) is 36.4 Å². The molecule has 0 aliphatic rings. The zero-order chi connectivity index (χ0) is 14.7. The number of para-hydroxylation sites is 1. The van der Waals surface area contributed by atoms with Crippen molar-refractivity contribution in [2.45, 2.75) is 0 Å². The molecule has 0 unspecified atom stereocenters. The molecule has 2 rings (SSSR count). The standard InChI is InChI=1S/C12H10ClIN4O2/c13-8-6-7(14)4-5-9(8)16-10-2-1-3-11(17-15)12(10)18(19)20/h1-6,16-17H,15H2. The summed E-state index contributed by atoms with van der Waals surface area (Å²) in [5.74, 6) is 5.29. The van der Waals surface area contributed by atoms with Gasteiger partial charge in [-0.25, -0.2) is 0 Å². The number of benzene rings is 2. The van der Waals surface area contributed by atoms with Crippen LogP contribution in [0.3, 0.4) is 0 Å². The normalized spacial score (nSPS) is 10.2. The minimum Gasteiger partial charge on any atom is -0.349 e. The number of nitrogens with zero attached hydrogens (tertiary/aromatic N) is 1. The number of hydrazine groups is 1. The van der Waals surface area contributed by atoms with Gasteiger partial charge in [-0.2, -0.15) is 0 Å². The summed E-state index contributed by atoms with van der Waals surface area (Å²) < 4.78 is 0.977. The van der Waals surface area contributed by atoms with E-state index in [0.29, 0.717) is 16.4 Å². The van der Waals surface area contributed by atoms with Gasteiger partial charge in [-0.05, 0) is 52.9 Å². The summed E-state index contributed by atoms with van der Waals surface area (Å²) in [5, 5.41) is 14.6. The molecule has 6 nitrogen and oxygen atoms in total. The average molecular weight is 405 g/mol. The van der Waals surface area contributed by atoms with Crippen molar-refractivity contribution in [3.05, 3.63) is 55.1 Å². The lowest BCUT2D eigenvalue weighted by Crippen LogP contribution is -2.10. The highest BCUT2D eigenvalue weighted by atomic mass is 127. The Balaban J connectivity index is 2.45. The zero-order valence-corrected chi connectivity index (χ0v) is 13.0. The lowest BCUT2D eigenvalue weighted by molar-refractivity contribution is -0.383. The van der Waals surface area contributed by atoms with E-state index in [1.807, 2.05) is 6.07 Å². The van der Waals surface area contributed by atoms with E-state index in [1.54, 1.807) is 24.3 Å². The van der Waals surface area contributed by atoms with Gasteiger partial charge in [0.15, 0.2) is 0 Å². The number of rotatable bonds is 4. The molecule has 2 aromatic carbocycles. The fraction of sp³-hybridized carbons (Fsp3) is 0. The number of halogens is 2. The van der Waals surface area contributed by atoms with Crippen LogP contribution in [0.5, 0.6) is 0 Å². The van der Waals surface area contributed by atoms with Gasteiger partial charge in [0.1, 0.15) is 11.4 Å². The minimum atomic E-state index is -0.502. The summed E-state index contributed by atoms with van der Waals surface area (Å²) in [6, 6.07) is 10.2. The quantitative estimate of drug-likeness (QED) is 0.311. The Morgan fingerprint density at radius 3 is 2.50 bits per heavy atom. The fourth-order valence-corrected chi connectivity index (χ4v) is 2.60.